The van der Waals surface area contributed by atoms with Crippen molar-refractivity contribution in [1.29, 1.82) is 0 Å². The van der Waals surface area contributed by atoms with E-state index in [0.717, 1.165) is 19.3 Å². The van der Waals surface area contributed by atoms with Crippen molar-refractivity contribution in [3.8, 4) is 5.95 Å². The minimum atomic E-state index is -0.776. The van der Waals surface area contributed by atoms with Crippen LogP contribution in [0.15, 0.2) is 56.8 Å². The zero-order chi connectivity index (χ0) is 20.3. The fourth-order valence-corrected chi connectivity index (χ4v) is 3.62. The molecule has 0 bridgehead atoms. The molecule has 2 aromatic rings. The van der Waals surface area contributed by atoms with Gasteiger partial charge in [0, 0.05) is 6.42 Å². The maximum absolute atomic E-state index is 12.7. The maximum Gasteiger partial charge on any atom is 0.292 e. The van der Waals surface area contributed by atoms with E-state index < -0.39 is 11.7 Å². The average molecular weight is 383 g/mol. The van der Waals surface area contributed by atoms with Gasteiger partial charge in [-0.15, -0.1) is 0 Å². The Morgan fingerprint density at radius 3 is 2.71 bits per heavy atom. The van der Waals surface area contributed by atoms with Crippen LogP contribution in [0, 0.1) is 0 Å². The van der Waals surface area contributed by atoms with E-state index in [-0.39, 0.29) is 17.8 Å². The number of fused-ring (bicyclic) bond motifs is 2. The van der Waals surface area contributed by atoms with Crippen molar-refractivity contribution < 1.29 is 14.3 Å². The topological polar surface area (TPSA) is 59.7 Å². The summed E-state index contributed by atoms with van der Waals surface area (Å²) in [4.78, 5) is 12.7. The summed E-state index contributed by atoms with van der Waals surface area (Å²) >= 11 is 0. The first kappa shape index (κ1) is 20.4. The van der Waals surface area contributed by atoms with Gasteiger partial charge in [0.1, 0.15) is 11.2 Å². The monoisotopic (exact) mass is 382 g/mol. The molecule has 0 aliphatic carbocycles. The predicted octanol–water partition coefficient (Wildman–Crippen LogP) is 5.32. The highest BCUT2D eigenvalue weighted by Crippen LogP contribution is 2.36. The summed E-state index contributed by atoms with van der Waals surface area (Å²) in [7, 11) is 0. The van der Waals surface area contributed by atoms with Crippen molar-refractivity contribution in [2.24, 2.45) is 0 Å². The van der Waals surface area contributed by atoms with Crippen LogP contribution in [-0.2, 0) is 6.42 Å². The second-order valence-corrected chi connectivity index (χ2v) is 8.24. The number of aliphatic hydroxyl groups is 1. The number of ether oxygens (including phenoxy) is 1. The number of rotatable bonds is 6. The van der Waals surface area contributed by atoms with Crippen LogP contribution in [0.3, 0.4) is 0 Å². The Morgan fingerprint density at radius 2 is 1.96 bits per heavy atom. The number of benzene rings is 1. The summed E-state index contributed by atoms with van der Waals surface area (Å²) in [5.41, 5.74) is 2.73. The summed E-state index contributed by atoms with van der Waals surface area (Å²) in [5.74, 6) is 0.251. The third-order valence-corrected chi connectivity index (χ3v) is 5.51. The van der Waals surface area contributed by atoms with Crippen molar-refractivity contribution in [3.63, 3.8) is 0 Å². The lowest BCUT2D eigenvalue weighted by Gasteiger charge is -2.38. The second kappa shape index (κ2) is 8.36. The summed E-state index contributed by atoms with van der Waals surface area (Å²) in [5, 5.41) is 11.2. The van der Waals surface area contributed by atoms with Crippen LogP contribution >= 0.6 is 0 Å². The molecule has 1 aliphatic heterocycles. The van der Waals surface area contributed by atoms with Crippen LogP contribution in [0.2, 0.25) is 0 Å². The second-order valence-electron chi connectivity index (χ2n) is 8.24. The Morgan fingerprint density at radius 1 is 1.21 bits per heavy atom. The molecule has 0 radical (unpaired) electrons. The normalized spacial score (nSPS) is 21.9. The van der Waals surface area contributed by atoms with Gasteiger partial charge >= 0.3 is 0 Å². The van der Waals surface area contributed by atoms with E-state index in [0.29, 0.717) is 23.0 Å². The van der Waals surface area contributed by atoms with Crippen molar-refractivity contribution in [2.45, 2.75) is 71.5 Å². The fourth-order valence-electron chi connectivity index (χ4n) is 3.62. The van der Waals surface area contributed by atoms with E-state index in [9.17, 15) is 9.90 Å². The highest BCUT2D eigenvalue weighted by atomic mass is 16.6. The Bertz CT molecular complexity index is 962. The smallest absolute Gasteiger partial charge is 0.292 e. The Labute approximate surface area is 166 Å². The van der Waals surface area contributed by atoms with Crippen molar-refractivity contribution in [2.75, 3.05) is 0 Å². The molecule has 1 aliphatic rings. The molecule has 2 heterocycles. The first-order valence-corrected chi connectivity index (χ1v) is 10.0. The van der Waals surface area contributed by atoms with Gasteiger partial charge in [0.15, 0.2) is 5.43 Å². The molecule has 0 saturated heterocycles. The van der Waals surface area contributed by atoms with E-state index in [1.165, 1.54) is 11.1 Å². The molecular formula is C24H30O4. The van der Waals surface area contributed by atoms with Crippen LogP contribution in [0.4, 0.5) is 0 Å². The highest BCUT2D eigenvalue weighted by Gasteiger charge is 2.42. The third-order valence-electron chi connectivity index (χ3n) is 5.51. The van der Waals surface area contributed by atoms with Gasteiger partial charge in [-0.1, -0.05) is 35.4 Å². The Hall–Kier alpha value is -2.33. The van der Waals surface area contributed by atoms with Gasteiger partial charge in [-0.2, -0.15) is 0 Å². The van der Waals surface area contributed by atoms with Gasteiger partial charge in [0.05, 0.1) is 17.1 Å². The molecule has 28 heavy (non-hydrogen) atoms. The molecule has 2 atom stereocenters. The molecule has 0 saturated carbocycles. The lowest BCUT2D eigenvalue weighted by atomic mass is 9.86. The van der Waals surface area contributed by atoms with Gasteiger partial charge in [-0.3, -0.25) is 4.79 Å². The lowest BCUT2D eigenvalue weighted by Crippen LogP contribution is -2.50. The zero-order valence-corrected chi connectivity index (χ0v) is 17.2. The molecule has 0 fully saturated rings. The molecule has 1 aromatic heterocycles. The molecular weight excluding hydrogens is 352 g/mol. The van der Waals surface area contributed by atoms with E-state index in [4.69, 9.17) is 9.15 Å². The summed E-state index contributed by atoms with van der Waals surface area (Å²) in [6.45, 7) is 8.25. The lowest BCUT2D eigenvalue weighted by molar-refractivity contribution is -0.0726. The van der Waals surface area contributed by atoms with Gasteiger partial charge in [0.2, 0.25) is 0 Å². The quantitative estimate of drug-likeness (QED) is 0.687. The van der Waals surface area contributed by atoms with Crippen LogP contribution in [0.5, 0.6) is 5.95 Å². The molecule has 0 spiro atoms. The third kappa shape index (κ3) is 4.39. The minimum absolute atomic E-state index is 0.118. The summed E-state index contributed by atoms with van der Waals surface area (Å²) in [6, 6.07) is 7.14. The first-order valence-electron chi connectivity index (χ1n) is 10.0. The predicted molar refractivity (Wildman–Crippen MR) is 113 cm³/mol. The largest absolute Gasteiger partial charge is 0.456 e. The molecule has 1 N–H and O–H groups in total. The van der Waals surface area contributed by atoms with Gasteiger partial charge in [-0.25, -0.2) is 0 Å². The molecule has 4 nitrogen and oxygen atoms in total. The molecule has 1 aromatic carbocycles. The highest BCUT2D eigenvalue weighted by molar-refractivity contribution is 5.77. The van der Waals surface area contributed by atoms with E-state index >= 15 is 0 Å². The number of hydrogen-bond acceptors (Lipinski definition) is 4. The standard InChI is InChI=1S/C24H30O4/c1-16(2)9-7-10-17(3)11-8-14-24(4)21(25)15-19-22(26)18-12-5-6-13-20(18)27-23(19)28-24/h5-6,9,11-13,21,25H,7-8,10,14-15H2,1-4H3/b17-11+/t21-,24+/m1/s1. The van der Waals surface area contributed by atoms with Crippen LogP contribution in [0.25, 0.3) is 11.0 Å². The van der Waals surface area contributed by atoms with Crippen molar-refractivity contribution in [3.05, 3.63) is 63.4 Å². The maximum atomic E-state index is 12.7. The first-order chi connectivity index (χ1) is 13.3. The van der Waals surface area contributed by atoms with Gasteiger partial charge in [-0.05, 0) is 65.5 Å². The van der Waals surface area contributed by atoms with Crippen LogP contribution in [-0.4, -0.2) is 16.8 Å². The molecule has 4 heteroatoms. The summed E-state index contributed by atoms with van der Waals surface area (Å²) < 4.78 is 11.9. The van der Waals surface area contributed by atoms with E-state index in [1.807, 2.05) is 19.1 Å². The van der Waals surface area contributed by atoms with Gasteiger partial charge in [0.25, 0.3) is 5.95 Å². The number of allylic oxidation sites excluding steroid dienone is 4. The summed E-state index contributed by atoms with van der Waals surface area (Å²) in [6.07, 6.45) is 7.51. The number of aliphatic hydroxyl groups excluding tert-OH is 1. The van der Waals surface area contributed by atoms with Crippen molar-refractivity contribution in [1.82, 2.24) is 0 Å². The van der Waals surface area contributed by atoms with Gasteiger partial charge < -0.3 is 14.3 Å². The number of para-hydroxylation sites is 1. The SMILES string of the molecule is CC(C)=CCC/C(C)=C/CC[C@]1(C)Oc2oc3ccccc3c(=O)c2C[C@H]1O. The number of hydrogen-bond donors (Lipinski definition) is 1. The Kier molecular flexibility index (Phi) is 6.09. The van der Waals surface area contributed by atoms with E-state index in [1.54, 1.807) is 12.1 Å². The van der Waals surface area contributed by atoms with Crippen LogP contribution < -0.4 is 10.2 Å². The fraction of sp³-hybridized carbons (Fsp3) is 0.458. The average Bonchev–Trinajstić information content (AvgIpc) is 2.63. The minimum Gasteiger partial charge on any atom is -0.456 e. The molecule has 0 unspecified atom stereocenters. The zero-order valence-electron chi connectivity index (χ0n) is 17.2. The molecule has 150 valence electrons. The van der Waals surface area contributed by atoms with Crippen LogP contribution in [0.1, 0.15) is 58.9 Å². The Balaban J connectivity index is 1.73. The molecule has 0 amide bonds. The molecule has 3 rings (SSSR count). The van der Waals surface area contributed by atoms with E-state index in [2.05, 4.69) is 32.9 Å². The van der Waals surface area contributed by atoms with Crippen molar-refractivity contribution >= 4 is 11.0 Å².